The average Bonchev–Trinajstić information content (AvgIpc) is 3.27. The Hall–Kier alpha value is -1.00. The van der Waals surface area contributed by atoms with E-state index in [2.05, 4.69) is 5.32 Å². The molecule has 0 heterocycles. The van der Waals surface area contributed by atoms with E-state index in [4.69, 9.17) is 23.2 Å². The normalized spacial score (nSPS) is 21.4. The van der Waals surface area contributed by atoms with Crippen molar-refractivity contribution < 1.29 is 14.3 Å². The molecule has 1 aromatic carbocycles. The van der Waals surface area contributed by atoms with Gasteiger partial charge in [0.15, 0.2) is 11.6 Å². The van der Waals surface area contributed by atoms with Crippen molar-refractivity contribution in [1.82, 2.24) is 5.32 Å². The summed E-state index contributed by atoms with van der Waals surface area (Å²) in [5, 5.41) is 12.5. The molecule has 1 amide bonds. The van der Waals surface area contributed by atoms with Gasteiger partial charge < -0.3 is 10.4 Å². The summed E-state index contributed by atoms with van der Waals surface area (Å²) in [6, 6.07) is 0.543. The third-order valence-electron chi connectivity index (χ3n) is 4.49. The largest absolute Gasteiger partial charge is 0.505 e. The number of aromatic hydroxyl groups is 1. The number of amides is 1. The molecule has 0 bridgehead atoms. The minimum atomic E-state index is -0.800. The first-order chi connectivity index (χ1) is 9.51. The summed E-state index contributed by atoms with van der Waals surface area (Å²) in [6.07, 6.45) is 4.57. The molecule has 0 aromatic heterocycles. The van der Waals surface area contributed by atoms with Crippen molar-refractivity contribution in [2.24, 2.45) is 11.3 Å². The summed E-state index contributed by atoms with van der Waals surface area (Å²) < 4.78 is 14.3. The summed E-state index contributed by atoms with van der Waals surface area (Å²) in [7, 11) is 0. The Bertz CT molecular complexity index is 545. The van der Waals surface area contributed by atoms with Gasteiger partial charge >= 0.3 is 0 Å². The van der Waals surface area contributed by atoms with Crippen molar-refractivity contribution >= 4 is 29.6 Å². The molecule has 2 saturated carbocycles. The van der Waals surface area contributed by atoms with E-state index in [0.29, 0.717) is 12.3 Å². The van der Waals surface area contributed by atoms with Gasteiger partial charge in [0, 0.05) is 11.6 Å². The van der Waals surface area contributed by atoms with E-state index >= 15 is 0 Å². The third-order valence-corrected chi connectivity index (χ3v) is 5.29. The van der Waals surface area contributed by atoms with Gasteiger partial charge in [0.2, 0.25) is 6.41 Å². The Balaban J connectivity index is 2.10. The first-order valence-corrected chi connectivity index (χ1v) is 7.33. The van der Waals surface area contributed by atoms with Gasteiger partial charge in [-0.3, -0.25) is 4.79 Å². The van der Waals surface area contributed by atoms with Gasteiger partial charge in [0.1, 0.15) is 0 Å². The molecular formula is C14H14Cl2FNO2. The quantitative estimate of drug-likeness (QED) is 0.640. The third kappa shape index (κ3) is 2.06. The van der Waals surface area contributed by atoms with Gasteiger partial charge in [-0.05, 0) is 37.0 Å². The number of hydrogen-bond acceptors (Lipinski definition) is 2. The smallest absolute Gasteiger partial charge is 0.207 e. The van der Waals surface area contributed by atoms with Crippen LogP contribution in [-0.4, -0.2) is 11.5 Å². The highest BCUT2D eigenvalue weighted by molar-refractivity contribution is 6.42. The van der Waals surface area contributed by atoms with Crippen molar-refractivity contribution in [1.29, 1.82) is 0 Å². The predicted octanol–water partition coefficient (Wildman–Crippen LogP) is 3.82. The number of phenolic OH excluding ortho intramolecular Hbond substituents is 1. The monoisotopic (exact) mass is 317 g/mol. The first kappa shape index (κ1) is 14.0. The average molecular weight is 318 g/mol. The number of phenols is 1. The standard InChI is InChI=1S/C14H14Cl2FNO2/c15-8-5-9(20)12(17)10(11(8)16)13(18-6-19)14(3-4-14)7-1-2-7/h5-7,13,20H,1-4H2,(H,18,19). The van der Waals surface area contributed by atoms with Gasteiger partial charge in [0.05, 0.1) is 16.1 Å². The fraction of sp³-hybridized carbons (Fsp3) is 0.500. The SMILES string of the molecule is O=CNC(c1c(F)c(O)cc(Cl)c1Cl)C1(C2CC2)CC1. The number of rotatable bonds is 5. The van der Waals surface area contributed by atoms with E-state index in [1.807, 2.05) is 0 Å². The number of hydrogen-bond donors (Lipinski definition) is 2. The molecule has 0 saturated heterocycles. The molecule has 0 spiro atoms. The van der Waals surface area contributed by atoms with Gasteiger partial charge in [-0.25, -0.2) is 4.39 Å². The topological polar surface area (TPSA) is 49.3 Å². The molecule has 1 unspecified atom stereocenters. The van der Waals surface area contributed by atoms with Crippen LogP contribution in [0, 0.1) is 17.2 Å². The summed E-state index contributed by atoms with van der Waals surface area (Å²) in [5.74, 6) is -0.860. The van der Waals surface area contributed by atoms with Crippen LogP contribution in [0.3, 0.4) is 0 Å². The van der Waals surface area contributed by atoms with E-state index in [1.165, 1.54) is 0 Å². The van der Waals surface area contributed by atoms with Crippen LogP contribution in [0.4, 0.5) is 4.39 Å². The number of benzene rings is 1. The molecule has 3 rings (SSSR count). The fourth-order valence-electron chi connectivity index (χ4n) is 3.20. The second kappa shape index (κ2) is 4.78. The minimum absolute atomic E-state index is 0.0632. The predicted molar refractivity (Wildman–Crippen MR) is 74.4 cm³/mol. The Morgan fingerprint density at radius 2 is 2.10 bits per heavy atom. The summed E-state index contributed by atoms with van der Waals surface area (Å²) >= 11 is 12.0. The molecule has 3 nitrogen and oxygen atoms in total. The molecule has 2 N–H and O–H groups in total. The Morgan fingerprint density at radius 3 is 2.60 bits per heavy atom. The number of halogens is 3. The molecule has 108 valence electrons. The maximum absolute atomic E-state index is 14.3. The molecule has 2 aliphatic rings. The molecular weight excluding hydrogens is 304 g/mol. The molecule has 2 aliphatic carbocycles. The zero-order valence-corrected chi connectivity index (χ0v) is 12.1. The Morgan fingerprint density at radius 1 is 1.45 bits per heavy atom. The summed E-state index contributed by atoms with van der Waals surface area (Å²) in [6.45, 7) is 0. The summed E-state index contributed by atoms with van der Waals surface area (Å²) in [5.41, 5.74) is -0.0316. The molecule has 1 aromatic rings. The van der Waals surface area contributed by atoms with Crippen molar-refractivity contribution in [2.45, 2.75) is 31.7 Å². The highest BCUT2D eigenvalue weighted by Crippen LogP contribution is 2.68. The summed E-state index contributed by atoms with van der Waals surface area (Å²) in [4.78, 5) is 10.9. The van der Waals surface area contributed by atoms with E-state index < -0.39 is 17.6 Å². The molecule has 0 radical (unpaired) electrons. The van der Waals surface area contributed by atoms with Crippen LogP contribution < -0.4 is 5.32 Å². The van der Waals surface area contributed by atoms with E-state index in [9.17, 15) is 14.3 Å². The fourth-order valence-corrected chi connectivity index (χ4v) is 3.65. The van der Waals surface area contributed by atoms with Crippen LogP contribution in [0.1, 0.15) is 37.3 Å². The lowest BCUT2D eigenvalue weighted by atomic mass is 9.85. The second-order valence-corrected chi connectivity index (χ2v) is 6.43. The minimum Gasteiger partial charge on any atom is -0.505 e. The van der Waals surface area contributed by atoms with E-state index in [-0.39, 0.29) is 21.0 Å². The maximum Gasteiger partial charge on any atom is 0.207 e. The van der Waals surface area contributed by atoms with Crippen molar-refractivity contribution in [2.75, 3.05) is 0 Å². The van der Waals surface area contributed by atoms with Gasteiger partial charge in [-0.15, -0.1) is 0 Å². The van der Waals surface area contributed by atoms with Gasteiger partial charge in [0.25, 0.3) is 0 Å². The van der Waals surface area contributed by atoms with Crippen molar-refractivity contribution in [3.05, 3.63) is 27.5 Å². The second-order valence-electron chi connectivity index (χ2n) is 5.64. The molecule has 1 atom stereocenters. The molecule has 20 heavy (non-hydrogen) atoms. The van der Waals surface area contributed by atoms with Crippen molar-refractivity contribution in [3.63, 3.8) is 0 Å². The van der Waals surface area contributed by atoms with Crippen LogP contribution in [0.5, 0.6) is 5.75 Å². The zero-order valence-electron chi connectivity index (χ0n) is 10.6. The zero-order chi connectivity index (χ0) is 14.5. The molecule has 0 aliphatic heterocycles. The Labute approximate surface area is 126 Å². The number of carbonyl (C=O) groups is 1. The Kier molecular flexibility index (Phi) is 3.33. The molecule has 2 fully saturated rings. The van der Waals surface area contributed by atoms with Crippen LogP contribution in [-0.2, 0) is 4.79 Å². The molecule has 6 heteroatoms. The van der Waals surface area contributed by atoms with Crippen LogP contribution in [0.25, 0.3) is 0 Å². The number of nitrogens with one attached hydrogen (secondary N) is 1. The van der Waals surface area contributed by atoms with Gasteiger partial charge in [-0.2, -0.15) is 0 Å². The maximum atomic E-state index is 14.3. The lowest BCUT2D eigenvalue weighted by Gasteiger charge is -2.28. The van der Waals surface area contributed by atoms with Gasteiger partial charge in [-0.1, -0.05) is 23.2 Å². The highest BCUT2D eigenvalue weighted by atomic mass is 35.5. The van der Waals surface area contributed by atoms with Crippen LogP contribution >= 0.6 is 23.2 Å². The van der Waals surface area contributed by atoms with E-state index in [0.717, 1.165) is 31.7 Å². The highest BCUT2D eigenvalue weighted by Gasteiger charge is 2.59. The lowest BCUT2D eigenvalue weighted by molar-refractivity contribution is -0.110. The van der Waals surface area contributed by atoms with Crippen molar-refractivity contribution in [3.8, 4) is 5.75 Å². The van der Waals surface area contributed by atoms with E-state index in [1.54, 1.807) is 0 Å². The van der Waals surface area contributed by atoms with Crippen LogP contribution in [0.2, 0.25) is 10.0 Å². The first-order valence-electron chi connectivity index (χ1n) is 6.57. The van der Waals surface area contributed by atoms with Crippen LogP contribution in [0.15, 0.2) is 6.07 Å². The lowest BCUT2D eigenvalue weighted by Crippen LogP contribution is -2.31. The number of carbonyl (C=O) groups excluding carboxylic acids is 1.